The molecule has 0 radical (unpaired) electrons. The Labute approximate surface area is 102 Å². The van der Waals surface area contributed by atoms with Gasteiger partial charge in [-0.3, -0.25) is 0 Å². The second kappa shape index (κ2) is 7.05. The molecule has 94 valence electrons. The molecule has 17 heavy (non-hydrogen) atoms. The summed E-state index contributed by atoms with van der Waals surface area (Å²) in [5.74, 6) is -0.849. The van der Waals surface area contributed by atoms with Crippen LogP contribution in [0.2, 0.25) is 0 Å². The largest absolute Gasteiger partial charge is 0.459 e. The third-order valence-electron chi connectivity index (χ3n) is 2.56. The first-order valence-corrected chi connectivity index (χ1v) is 6.14. The van der Waals surface area contributed by atoms with E-state index in [9.17, 15) is 9.18 Å². The Morgan fingerprint density at radius 3 is 2.47 bits per heavy atom. The zero-order valence-electron chi connectivity index (χ0n) is 10.4. The molecule has 0 aromatic heterocycles. The average Bonchev–Trinajstić information content (AvgIpc) is 2.29. The van der Waals surface area contributed by atoms with Gasteiger partial charge in [0.2, 0.25) is 0 Å². The highest BCUT2D eigenvalue weighted by Gasteiger charge is 2.14. The molecule has 0 spiro atoms. The number of halogens is 1. The Balaban J connectivity index is 2.63. The van der Waals surface area contributed by atoms with Crippen LogP contribution in [-0.2, 0) is 4.74 Å². The Morgan fingerprint density at radius 1 is 1.29 bits per heavy atom. The van der Waals surface area contributed by atoms with Crippen LogP contribution in [0, 0.1) is 5.82 Å². The quantitative estimate of drug-likeness (QED) is 0.701. The minimum Gasteiger partial charge on any atom is -0.459 e. The van der Waals surface area contributed by atoms with Crippen LogP contribution in [0.4, 0.5) is 4.39 Å². The third kappa shape index (κ3) is 4.55. The third-order valence-corrected chi connectivity index (χ3v) is 2.56. The van der Waals surface area contributed by atoms with E-state index in [0.29, 0.717) is 0 Å². The lowest BCUT2D eigenvalue weighted by Gasteiger charge is -2.16. The van der Waals surface area contributed by atoms with Crippen LogP contribution in [0.3, 0.4) is 0 Å². The van der Waals surface area contributed by atoms with Gasteiger partial charge >= 0.3 is 5.97 Å². The van der Waals surface area contributed by atoms with Crippen LogP contribution >= 0.6 is 0 Å². The minimum absolute atomic E-state index is 0.0548. The van der Waals surface area contributed by atoms with Gasteiger partial charge in [-0.2, -0.15) is 0 Å². The molecule has 0 bridgehead atoms. The van der Waals surface area contributed by atoms with Gasteiger partial charge in [-0.15, -0.1) is 0 Å². The van der Waals surface area contributed by atoms with Gasteiger partial charge in [0.1, 0.15) is 11.9 Å². The summed E-state index contributed by atoms with van der Waals surface area (Å²) in [7, 11) is 0. The second-order valence-electron chi connectivity index (χ2n) is 4.12. The summed E-state index contributed by atoms with van der Waals surface area (Å²) >= 11 is 0. The molecule has 0 saturated heterocycles. The van der Waals surface area contributed by atoms with E-state index < -0.39 is 11.8 Å². The van der Waals surface area contributed by atoms with Crippen LogP contribution in [0.1, 0.15) is 49.9 Å². The average molecular weight is 238 g/mol. The van der Waals surface area contributed by atoms with Crippen molar-refractivity contribution in [1.29, 1.82) is 0 Å². The second-order valence-corrected chi connectivity index (χ2v) is 4.12. The van der Waals surface area contributed by atoms with Crippen molar-refractivity contribution in [3.63, 3.8) is 0 Å². The summed E-state index contributed by atoms with van der Waals surface area (Å²) in [4.78, 5) is 11.8. The molecule has 1 aromatic carbocycles. The van der Waals surface area contributed by atoms with Crippen molar-refractivity contribution in [2.75, 3.05) is 0 Å². The van der Waals surface area contributed by atoms with E-state index in [-0.39, 0.29) is 11.7 Å². The van der Waals surface area contributed by atoms with Crippen molar-refractivity contribution in [3.05, 3.63) is 35.6 Å². The fourth-order valence-corrected chi connectivity index (χ4v) is 1.74. The van der Waals surface area contributed by atoms with E-state index >= 15 is 0 Å². The van der Waals surface area contributed by atoms with Crippen molar-refractivity contribution >= 4 is 5.97 Å². The minimum atomic E-state index is -0.434. The van der Waals surface area contributed by atoms with Crippen molar-refractivity contribution in [2.24, 2.45) is 0 Å². The molecule has 0 atom stereocenters. The predicted molar refractivity (Wildman–Crippen MR) is 65.4 cm³/mol. The van der Waals surface area contributed by atoms with E-state index in [1.165, 1.54) is 18.2 Å². The molecule has 0 aliphatic heterocycles. The number of hydrogen-bond donors (Lipinski definition) is 0. The van der Waals surface area contributed by atoms with Gasteiger partial charge in [0.15, 0.2) is 0 Å². The molecule has 0 N–H and O–H groups in total. The van der Waals surface area contributed by atoms with Gasteiger partial charge in [-0.25, -0.2) is 9.18 Å². The highest BCUT2D eigenvalue weighted by Crippen LogP contribution is 2.13. The zero-order chi connectivity index (χ0) is 12.7. The maximum Gasteiger partial charge on any atom is 0.338 e. The van der Waals surface area contributed by atoms with E-state index in [1.54, 1.807) is 6.07 Å². The highest BCUT2D eigenvalue weighted by molar-refractivity contribution is 5.89. The summed E-state index contributed by atoms with van der Waals surface area (Å²) in [5, 5.41) is 0. The zero-order valence-corrected chi connectivity index (χ0v) is 10.4. The Morgan fingerprint density at radius 2 is 1.94 bits per heavy atom. The van der Waals surface area contributed by atoms with Crippen molar-refractivity contribution in [2.45, 2.75) is 45.6 Å². The van der Waals surface area contributed by atoms with Crippen LogP contribution < -0.4 is 0 Å². The lowest BCUT2D eigenvalue weighted by Crippen LogP contribution is -2.18. The van der Waals surface area contributed by atoms with Crippen LogP contribution in [0.25, 0.3) is 0 Å². The number of rotatable bonds is 6. The topological polar surface area (TPSA) is 26.3 Å². The molecule has 0 saturated carbocycles. The fraction of sp³-hybridized carbons (Fsp3) is 0.500. The lowest BCUT2D eigenvalue weighted by atomic mass is 10.1. The van der Waals surface area contributed by atoms with Gasteiger partial charge in [-0.05, 0) is 31.0 Å². The summed E-state index contributed by atoms with van der Waals surface area (Å²) in [6, 6.07) is 5.60. The number of ether oxygens (including phenoxy) is 1. The van der Waals surface area contributed by atoms with E-state index in [2.05, 4.69) is 13.8 Å². The first-order valence-electron chi connectivity index (χ1n) is 6.14. The Hall–Kier alpha value is -1.38. The molecule has 0 fully saturated rings. The summed E-state index contributed by atoms with van der Waals surface area (Å²) in [6.45, 7) is 4.11. The monoisotopic (exact) mass is 238 g/mol. The molecule has 1 aromatic rings. The molecule has 1 rings (SSSR count). The van der Waals surface area contributed by atoms with E-state index in [0.717, 1.165) is 25.7 Å². The molecule has 0 unspecified atom stereocenters. The number of hydrogen-bond acceptors (Lipinski definition) is 2. The Bertz CT molecular complexity index is 357. The van der Waals surface area contributed by atoms with Crippen LogP contribution in [-0.4, -0.2) is 12.1 Å². The summed E-state index contributed by atoms with van der Waals surface area (Å²) in [6.07, 6.45) is 3.60. The van der Waals surface area contributed by atoms with Gasteiger partial charge in [0, 0.05) is 0 Å². The van der Waals surface area contributed by atoms with Gasteiger partial charge < -0.3 is 4.74 Å². The number of benzene rings is 1. The first kappa shape index (κ1) is 13.7. The molecule has 0 heterocycles. The van der Waals surface area contributed by atoms with Crippen molar-refractivity contribution in [1.82, 2.24) is 0 Å². The number of esters is 1. The van der Waals surface area contributed by atoms with E-state index in [1.807, 2.05) is 0 Å². The smallest absolute Gasteiger partial charge is 0.338 e. The van der Waals surface area contributed by atoms with E-state index in [4.69, 9.17) is 4.74 Å². The molecule has 0 aliphatic carbocycles. The summed E-state index contributed by atoms with van der Waals surface area (Å²) in [5.41, 5.74) is 0.280. The summed E-state index contributed by atoms with van der Waals surface area (Å²) < 4.78 is 18.3. The van der Waals surface area contributed by atoms with Crippen LogP contribution in [0.15, 0.2) is 24.3 Å². The predicted octanol–water partition coefficient (Wildman–Crippen LogP) is 3.95. The number of carbonyl (C=O) groups is 1. The molecule has 0 aliphatic rings. The van der Waals surface area contributed by atoms with Gasteiger partial charge in [-0.1, -0.05) is 32.8 Å². The fourth-order valence-electron chi connectivity index (χ4n) is 1.74. The first-order chi connectivity index (χ1) is 8.17. The standard InChI is InChI=1S/C14H19FO2/c1-3-6-13(7-4-2)17-14(16)11-8-5-9-12(15)10-11/h5,8-10,13H,3-4,6-7H2,1-2H3. The van der Waals surface area contributed by atoms with Gasteiger partial charge in [0.25, 0.3) is 0 Å². The molecule has 3 heteroatoms. The number of carbonyl (C=O) groups excluding carboxylic acids is 1. The SMILES string of the molecule is CCCC(CCC)OC(=O)c1cccc(F)c1. The molecular weight excluding hydrogens is 219 g/mol. The van der Waals surface area contributed by atoms with Crippen molar-refractivity contribution < 1.29 is 13.9 Å². The van der Waals surface area contributed by atoms with Crippen molar-refractivity contribution in [3.8, 4) is 0 Å². The maximum absolute atomic E-state index is 13.0. The lowest BCUT2D eigenvalue weighted by molar-refractivity contribution is 0.0258. The van der Waals surface area contributed by atoms with Gasteiger partial charge in [0.05, 0.1) is 5.56 Å². The molecular formula is C14H19FO2. The maximum atomic E-state index is 13.0. The Kier molecular flexibility index (Phi) is 5.67. The molecule has 2 nitrogen and oxygen atoms in total. The highest BCUT2D eigenvalue weighted by atomic mass is 19.1. The van der Waals surface area contributed by atoms with Crippen LogP contribution in [0.5, 0.6) is 0 Å². The normalized spacial score (nSPS) is 10.6. The molecule has 0 amide bonds.